The Morgan fingerprint density at radius 1 is 1.38 bits per heavy atom. The van der Waals surface area contributed by atoms with Crippen LogP contribution in [0, 0.1) is 0 Å². The van der Waals surface area contributed by atoms with Gasteiger partial charge in [-0.15, -0.1) is 16.4 Å². The number of fused-ring (bicyclic) bond motifs is 1. The van der Waals surface area contributed by atoms with E-state index in [1.54, 1.807) is 34.2 Å². The van der Waals surface area contributed by atoms with Crippen LogP contribution in [-0.4, -0.2) is 20.9 Å². The molecule has 0 aliphatic carbocycles. The maximum Gasteiger partial charge on any atom is 0.192 e. The van der Waals surface area contributed by atoms with Crippen LogP contribution >= 0.6 is 11.3 Å². The fraction of sp³-hybridized carbons (Fsp3) is 0. The third kappa shape index (κ3) is 1.42. The minimum atomic E-state index is 0.609. The van der Waals surface area contributed by atoms with Crippen molar-refractivity contribution in [2.75, 3.05) is 0 Å². The zero-order valence-electron chi connectivity index (χ0n) is 8.20. The first kappa shape index (κ1) is 9.23. The second kappa shape index (κ2) is 3.53. The van der Waals surface area contributed by atoms with Crippen molar-refractivity contribution in [2.24, 2.45) is 0 Å². The normalized spacial score (nSPS) is 10.8. The van der Waals surface area contributed by atoms with E-state index < -0.39 is 0 Å². The molecule has 0 saturated carbocycles. The van der Waals surface area contributed by atoms with Gasteiger partial charge in [-0.1, -0.05) is 6.07 Å². The molecule has 0 aliphatic heterocycles. The van der Waals surface area contributed by atoms with Gasteiger partial charge in [0.2, 0.25) is 0 Å². The Morgan fingerprint density at radius 3 is 3.06 bits per heavy atom. The highest BCUT2D eigenvalue weighted by atomic mass is 32.1. The summed E-state index contributed by atoms with van der Waals surface area (Å²) in [5, 5.41) is 6.31. The lowest BCUT2D eigenvalue weighted by molar-refractivity contribution is 0.112. The van der Waals surface area contributed by atoms with E-state index in [-0.39, 0.29) is 0 Å². The van der Waals surface area contributed by atoms with Gasteiger partial charge in [0.1, 0.15) is 6.29 Å². The summed E-state index contributed by atoms with van der Waals surface area (Å²) in [4.78, 5) is 16.0. The zero-order chi connectivity index (χ0) is 11.0. The van der Waals surface area contributed by atoms with Crippen LogP contribution in [0.1, 0.15) is 10.4 Å². The summed E-state index contributed by atoms with van der Waals surface area (Å²) in [6.07, 6.45) is 2.54. The molecule has 0 amide bonds. The monoisotopic (exact) mass is 229 g/mol. The Balaban J connectivity index is 2.19. The van der Waals surface area contributed by atoms with Gasteiger partial charge in [0.15, 0.2) is 11.5 Å². The summed E-state index contributed by atoms with van der Waals surface area (Å²) in [6, 6.07) is 7.37. The van der Waals surface area contributed by atoms with Crippen molar-refractivity contribution in [2.45, 2.75) is 0 Å². The van der Waals surface area contributed by atoms with Crippen LogP contribution in [0.5, 0.6) is 0 Å². The summed E-state index contributed by atoms with van der Waals surface area (Å²) < 4.78 is 1.67. The zero-order valence-corrected chi connectivity index (χ0v) is 9.02. The van der Waals surface area contributed by atoms with Crippen LogP contribution < -0.4 is 0 Å². The quantitative estimate of drug-likeness (QED) is 0.633. The molecule has 78 valence electrons. The van der Waals surface area contributed by atoms with E-state index in [9.17, 15) is 4.79 Å². The summed E-state index contributed by atoms with van der Waals surface area (Å²) in [7, 11) is 0. The van der Waals surface area contributed by atoms with Gasteiger partial charge in [0, 0.05) is 11.8 Å². The topological polar surface area (TPSA) is 47.3 Å². The van der Waals surface area contributed by atoms with E-state index in [2.05, 4.69) is 10.1 Å². The molecule has 3 heterocycles. The molecule has 0 saturated heterocycles. The fourth-order valence-corrected chi connectivity index (χ4v) is 2.13. The molecule has 0 atom stereocenters. The number of rotatable bonds is 2. The number of aromatic nitrogens is 3. The van der Waals surface area contributed by atoms with Gasteiger partial charge >= 0.3 is 0 Å². The van der Waals surface area contributed by atoms with Gasteiger partial charge in [-0.05, 0) is 23.6 Å². The van der Waals surface area contributed by atoms with Gasteiger partial charge < -0.3 is 0 Å². The first-order valence-corrected chi connectivity index (χ1v) is 5.60. The Hall–Kier alpha value is -2.01. The molecular weight excluding hydrogens is 222 g/mol. The molecule has 3 aromatic heterocycles. The first-order chi connectivity index (χ1) is 7.86. The predicted octanol–water partition coefficient (Wildman–Crippen LogP) is 2.27. The molecule has 3 aromatic rings. The van der Waals surface area contributed by atoms with Crippen LogP contribution in [-0.2, 0) is 0 Å². The maximum absolute atomic E-state index is 10.6. The molecule has 0 bridgehead atoms. The van der Waals surface area contributed by atoms with E-state index >= 15 is 0 Å². The van der Waals surface area contributed by atoms with Crippen molar-refractivity contribution in [1.29, 1.82) is 0 Å². The lowest BCUT2D eigenvalue weighted by Gasteiger charge is -1.90. The number of hydrogen-bond donors (Lipinski definition) is 0. The van der Waals surface area contributed by atoms with Crippen molar-refractivity contribution in [3.8, 4) is 10.7 Å². The number of thiophene rings is 1. The van der Waals surface area contributed by atoms with Gasteiger partial charge in [-0.3, -0.25) is 4.79 Å². The highest BCUT2D eigenvalue weighted by Crippen LogP contribution is 2.21. The van der Waals surface area contributed by atoms with Crippen molar-refractivity contribution < 1.29 is 4.79 Å². The molecule has 5 heteroatoms. The second-order valence-electron chi connectivity index (χ2n) is 3.29. The average molecular weight is 229 g/mol. The summed E-state index contributed by atoms with van der Waals surface area (Å²) >= 11 is 1.59. The van der Waals surface area contributed by atoms with Crippen molar-refractivity contribution in [3.05, 3.63) is 41.4 Å². The largest absolute Gasteiger partial charge is 0.298 e. The molecule has 3 rings (SSSR count). The fourth-order valence-electron chi connectivity index (χ4n) is 1.48. The molecule has 0 radical (unpaired) electrons. The maximum atomic E-state index is 10.6. The minimum Gasteiger partial charge on any atom is -0.298 e. The number of aldehydes is 1. The molecule has 0 aromatic carbocycles. The molecule has 0 N–H and O–H groups in total. The Kier molecular flexibility index (Phi) is 2.04. The van der Waals surface area contributed by atoms with Gasteiger partial charge in [-0.25, -0.2) is 9.50 Å². The number of carbonyl (C=O) groups excluding carboxylic acids is 1. The lowest BCUT2D eigenvalue weighted by Crippen LogP contribution is -1.88. The van der Waals surface area contributed by atoms with Crippen LogP contribution in [0.15, 0.2) is 35.8 Å². The third-order valence-corrected chi connectivity index (χ3v) is 3.11. The van der Waals surface area contributed by atoms with Gasteiger partial charge in [0.05, 0.1) is 4.88 Å². The van der Waals surface area contributed by atoms with Crippen LogP contribution in [0.25, 0.3) is 16.3 Å². The number of nitrogens with zero attached hydrogens (tertiary/aromatic N) is 3. The number of pyridine rings is 1. The first-order valence-electron chi connectivity index (χ1n) is 4.72. The smallest absolute Gasteiger partial charge is 0.192 e. The van der Waals surface area contributed by atoms with Crippen molar-refractivity contribution in [1.82, 2.24) is 14.6 Å². The van der Waals surface area contributed by atoms with E-state index in [0.29, 0.717) is 17.0 Å². The van der Waals surface area contributed by atoms with E-state index in [0.717, 1.165) is 11.2 Å². The Bertz CT molecular complexity index is 642. The van der Waals surface area contributed by atoms with Crippen LogP contribution in [0.3, 0.4) is 0 Å². The Labute approximate surface area is 95.2 Å². The molecule has 0 fully saturated rings. The summed E-state index contributed by atoms with van der Waals surface area (Å²) in [6.45, 7) is 0. The van der Waals surface area contributed by atoms with Crippen molar-refractivity contribution >= 4 is 23.3 Å². The molecule has 0 spiro atoms. The standard InChI is InChI=1S/C11H7N3OS/c15-7-8-3-4-14-10(6-8)12-11(13-14)9-2-1-5-16-9/h1-7H. The summed E-state index contributed by atoms with van der Waals surface area (Å²) in [5.74, 6) is 0.693. The minimum absolute atomic E-state index is 0.609. The van der Waals surface area contributed by atoms with E-state index in [4.69, 9.17) is 0 Å². The van der Waals surface area contributed by atoms with Gasteiger partial charge in [0.25, 0.3) is 0 Å². The average Bonchev–Trinajstić information content (AvgIpc) is 2.96. The highest BCUT2D eigenvalue weighted by molar-refractivity contribution is 7.13. The number of carbonyl (C=O) groups is 1. The van der Waals surface area contributed by atoms with Crippen LogP contribution in [0.2, 0.25) is 0 Å². The summed E-state index contributed by atoms with van der Waals surface area (Å²) in [5.41, 5.74) is 1.30. The lowest BCUT2D eigenvalue weighted by atomic mass is 10.3. The van der Waals surface area contributed by atoms with Crippen molar-refractivity contribution in [3.63, 3.8) is 0 Å². The van der Waals surface area contributed by atoms with E-state index in [1.807, 2.05) is 17.5 Å². The molecule has 0 aliphatic rings. The molecule has 4 nitrogen and oxygen atoms in total. The molecule has 16 heavy (non-hydrogen) atoms. The SMILES string of the molecule is O=Cc1ccn2nc(-c3cccs3)nc2c1. The third-order valence-electron chi connectivity index (χ3n) is 2.24. The van der Waals surface area contributed by atoms with Crippen LogP contribution in [0.4, 0.5) is 0 Å². The number of hydrogen-bond acceptors (Lipinski definition) is 4. The second-order valence-corrected chi connectivity index (χ2v) is 4.24. The Morgan fingerprint density at radius 2 is 2.31 bits per heavy atom. The van der Waals surface area contributed by atoms with Gasteiger partial charge in [-0.2, -0.15) is 0 Å². The molecular formula is C11H7N3OS. The highest BCUT2D eigenvalue weighted by Gasteiger charge is 2.06. The predicted molar refractivity (Wildman–Crippen MR) is 61.7 cm³/mol. The molecule has 0 unspecified atom stereocenters. The van der Waals surface area contributed by atoms with E-state index in [1.165, 1.54) is 0 Å².